The third-order valence-electron chi connectivity index (χ3n) is 2.70. The van der Waals surface area contributed by atoms with Crippen LogP contribution in [-0.4, -0.2) is 5.11 Å². The molecule has 0 radical (unpaired) electrons. The van der Waals surface area contributed by atoms with E-state index < -0.39 is 6.10 Å². The van der Waals surface area contributed by atoms with Crippen molar-refractivity contribution in [1.82, 2.24) is 0 Å². The molecule has 1 atom stereocenters. The summed E-state index contributed by atoms with van der Waals surface area (Å²) in [5.74, 6) is -0.723. The maximum Gasteiger partial charge on any atom is 0.126 e. The molecule has 3 heteroatoms. The predicted molar refractivity (Wildman–Crippen MR) is 61.6 cm³/mol. The van der Waals surface area contributed by atoms with Crippen LogP contribution in [0.4, 0.5) is 8.78 Å². The van der Waals surface area contributed by atoms with E-state index in [0.717, 1.165) is 0 Å². The quantitative estimate of drug-likeness (QED) is 0.844. The fraction of sp³-hybridized carbons (Fsp3) is 0.143. The van der Waals surface area contributed by atoms with Gasteiger partial charge in [0.05, 0.1) is 0 Å². The van der Waals surface area contributed by atoms with E-state index >= 15 is 0 Å². The first-order valence-electron chi connectivity index (χ1n) is 5.27. The summed E-state index contributed by atoms with van der Waals surface area (Å²) in [6.07, 6.45) is -0.939. The molecule has 1 nitrogen and oxygen atoms in total. The van der Waals surface area contributed by atoms with Gasteiger partial charge in [0.2, 0.25) is 0 Å². The minimum absolute atomic E-state index is 0.358. The summed E-state index contributed by atoms with van der Waals surface area (Å²) in [6.45, 7) is 1.66. The standard InChI is InChI=1S/C14H12F2O/c1-9-2-3-11(8-13(9)16)14(17)10-4-6-12(15)7-5-10/h2-8,14,17H,1H3. The van der Waals surface area contributed by atoms with Gasteiger partial charge >= 0.3 is 0 Å². The molecule has 88 valence electrons. The molecule has 2 rings (SSSR count). The lowest BCUT2D eigenvalue weighted by atomic mass is 10.0. The van der Waals surface area contributed by atoms with E-state index in [9.17, 15) is 13.9 Å². The number of aryl methyl sites for hydroxylation is 1. The minimum Gasteiger partial charge on any atom is -0.384 e. The van der Waals surface area contributed by atoms with Crippen molar-refractivity contribution in [2.24, 2.45) is 0 Å². The molecule has 0 saturated heterocycles. The second kappa shape index (κ2) is 4.63. The lowest BCUT2D eigenvalue weighted by molar-refractivity contribution is 0.219. The molecule has 0 fully saturated rings. The van der Waals surface area contributed by atoms with Gasteiger partial charge in [-0.15, -0.1) is 0 Å². The van der Waals surface area contributed by atoms with Gasteiger partial charge in [0.25, 0.3) is 0 Å². The number of aliphatic hydroxyl groups is 1. The first kappa shape index (κ1) is 11.7. The molecule has 1 N–H and O–H groups in total. The molecule has 0 aromatic heterocycles. The molecule has 0 aliphatic heterocycles. The molecule has 0 aliphatic rings. The number of hydrogen-bond donors (Lipinski definition) is 1. The van der Waals surface area contributed by atoms with Crippen LogP contribution in [0.2, 0.25) is 0 Å². The molecule has 0 bridgehead atoms. The van der Waals surface area contributed by atoms with E-state index in [1.165, 1.54) is 30.3 Å². The molecule has 0 aliphatic carbocycles. The third kappa shape index (κ3) is 2.50. The molecule has 0 spiro atoms. The summed E-state index contributed by atoms with van der Waals surface area (Å²) in [5, 5.41) is 10.0. The van der Waals surface area contributed by atoms with E-state index in [1.807, 2.05) is 0 Å². The van der Waals surface area contributed by atoms with Gasteiger partial charge in [-0.1, -0.05) is 24.3 Å². The Bertz CT molecular complexity index is 520. The van der Waals surface area contributed by atoms with Crippen LogP contribution in [0, 0.1) is 18.6 Å². The van der Waals surface area contributed by atoms with Crippen molar-refractivity contribution in [3.05, 3.63) is 70.8 Å². The van der Waals surface area contributed by atoms with Gasteiger partial charge in [0.1, 0.15) is 17.7 Å². The van der Waals surface area contributed by atoms with Crippen molar-refractivity contribution in [1.29, 1.82) is 0 Å². The van der Waals surface area contributed by atoms with Gasteiger partial charge in [-0.25, -0.2) is 8.78 Å². The van der Waals surface area contributed by atoms with Crippen molar-refractivity contribution in [3.63, 3.8) is 0 Å². The Kier molecular flexibility index (Phi) is 3.20. The first-order valence-corrected chi connectivity index (χ1v) is 5.27. The molecule has 2 aromatic rings. The number of benzene rings is 2. The minimum atomic E-state index is -0.939. The summed E-state index contributed by atoms with van der Waals surface area (Å²) in [5.41, 5.74) is 1.52. The lowest BCUT2D eigenvalue weighted by Crippen LogP contribution is -2.00. The fourth-order valence-electron chi connectivity index (χ4n) is 1.62. The van der Waals surface area contributed by atoms with Crippen molar-refractivity contribution < 1.29 is 13.9 Å². The average molecular weight is 234 g/mol. The van der Waals surface area contributed by atoms with Crippen molar-refractivity contribution >= 4 is 0 Å². The maximum absolute atomic E-state index is 13.3. The van der Waals surface area contributed by atoms with Crippen LogP contribution in [0.15, 0.2) is 42.5 Å². The monoisotopic (exact) mass is 234 g/mol. The Morgan fingerprint density at radius 3 is 2.12 bits per heavy atom. The van der Waals surface area contributed by atoms with Crippen LogP contribution in [0.5, 0.6) is 0 Å². The lowest BCUT2D eigenvalue weighted by Gasteiger charge is -2.12. The first-order chi connectivity index (χ1) is 8.08. The molecular formula is C14H12F2O. The van der Waals surface area contributed by atoms with Gasteiger partial charge in [-0.05, 0) is 41.8 Å². The summed E-state index contributed by atoms with van der Waals surface area (Å²) >= 11 is 0. The third-order valence-corrected chi connectivity index (χ3v) is 2.70. The molecular weight excluding hydrogens is 222 g/mol. The molecule has 17 heavy (non-hydrogen) atoms. The summed E-state index contributed by atoms with van der Waals surface area (Å²) in [7, 11) is 0. The van der Waals surface area contributed by atoms with Crippen molar-refractivity contribution in [3.8, 4) is 0 Å². The van der Waals surface area contributed by atoms with E-state index in [0.29, 0.717) is 16.7 Å². The number of halogens is 2. The van der Waals surface area contributed by atoms with E-state index in [4.69, 9.17) is 0 Å². The largest absolute Gasteiger partial charge is 0.384 e. The topological polar surface area (TPSA) is 20.2 Å². The SMILES string of the molecule is Cc1ccc(C(O)c2ccc(F)cc2)cc1F. The van der Waals surface area contributed by atoms with E-state index in [-0.39, 0.29) is 11.6 Å². The second-order valence-electron chi connectivity index (χ2n) is 3.96. The Hall–Kier alpha value is -1.74. The van der Waals surface area contributed by atoms with Crippen LogP contribution in [0.25, 0.3) is 0 Å². The summed E-state index contributed by atoms with van der Waals surface area (Å²) in [6, 6.07) is 10.1. The summed E-state index contributed by atoms with van der Waals surface area (Å²) in [4.78, 5) is 0. The summed E-state index contributed by atoms with van der Waals surface area (Å²) < 4.78 is 26.1. The zero-order chi connectivity index (χ0) is 12.4. The van der Waals surface area contributed by atoms with Gasteiger partial charge in [0.15, 0.2) is 0 Å². The van der Waals surface area contributed by atoms with Crippen LogP contribution in [0.1, 0.15) is 22.8 Å². The maximum atomic E-state index is 13.3. The van der Waals surface area contributed by atoms with E-state index in [1.54, 1.807) is 19.1 Å². The highest BCUT2D eigenvalue weighted by molar-refractivity contribution is 5.32. The highest BCUT2D eigenvalue weighted by atomic mass is 19.1. The molecule has 1 unspecified atom stereocenters. The number of rotatable bonds is 2. The van der Waals surface area contributed by atoms with E-state index in [2.05, 4.69) is 0 Å². The van der Waals surface area contributed by atoms with Gasteiger partial charge in [-0.3, -0.25) is 0 Å². The van der Waals surface area contributed by atoms with Crippen LogP contribution in [-0.2, 0) is 0 Å². The van der Waals surface area contributed by atoms with Crippen LogP contribution >= 0.6 is 0 Å². The second-order valence-corrected chi connectivity index (χ2v) is 3.96. The van der Waals surface area contributed by atoms with Crippen LogP contribution in [0.3, 0.4) is 0 Å². The average Bonchev–Trinajstić information content (AvgIpc) is 2.33. The van der Waals surface area contributed by atoms with Crippen molar-refractivity contribution in [2.45, 2.75) is 13.0 Å². The Balaban J connectivity index is 2.33. The smallest absolute Gasteiger partial charge is 0.126 e. The molecule has 2 aromatic carbocycles. The highest BCUT2D eigenvalue weighted by Crippen LogP contribution is 2.23. The fourth-order valence-corrected chi connectivity index (χ4v) is 1.62. The zero-order valence-corrected chi connectivity index (χ0v) is 9.32. The molecule has 0 heterocycles. The highest BCUT2D eigenvalue weighted by Gasteiger charge is 2.11. The Morgan fingerprint density at radius 2 is 1.53 bits per heavy atom. The number of hydrogen-bond acceptors (Lipinski definition) is 1. The Labute approximate surface area is 98.3 Å². The van der Waals surface area contributed by atoms with Crippen molar-refractivity contribution in [2.75, 3.05) is 0 Å². The van der Waals surface area contributed by atoms with Gasteiger partial charge in [0, 0.05) is 0 Å². The predicted octanol–water partition coefficient (Wildman–Crippen LogP) is 3.35. The van der Waals surface area contributed by atoms with Gasteiger partial charge in [-0.2, -0.15) is 0 Å². The molecule has 0 saturated carbocycles. The normalized spacial score (nSPS) is 12.5. The van der Waals surface area contributed by atoms with Crippen LogP contribution < -0.4 is 0 Å². The zero-order valence-electron chi connectivity index (χ0n) is 9.32. The number of aliphatic hydroxyl groups excluding tert-OH is 1. The Morgan fingerprint density at radius 1 is 0.941 bits per heavy atom. The van der Waals surface area contributed by atoms with Gasteiger partial charge < -0.3 is 5.11 Å². The molecule has 0 amide bonds.